The van der Waals surface area contributed by atoms with Gasteiger partial charge in [-0.15, -0.1) is 10.2 Å². The lowest BCUT2D eigenvalue weighted by atomic mass is 10.3. The molecule has 7 heteroatoms. The standard InChI is InChI=1S/C12H13N5S2/c1-8-15-16-12(18-8)19-11-9(5-6-13)17-7-3-2-4-10(17)14-11/h2-4,7H,5-6,13H2,1H3. The molecule has 0 aliphatic heterocycles. The minimum absolute atomic E-state index is 0.603. The van der Waals surface area contributed by atoms with E-state index < -0.39 is 0 Å². The molecule has 0 bridgehead atoms. The Morgan fingerprint density at radius 3 is 3.00 bits per heavy atom. The quantitative estimate of drug-likeness (QED) is 0.797. The minimum Gasteiger partial charge on any atom is -0.330 e. The van der Waals surface area contributed by atoms with Crippen LogP contribution in [0.5, 0.6) is 0 Å². The van der Waals surface area contributed by atoms with Crippen molar-refractivity contribution in [2.45, 2.75) is 22.7 Å². The summed E-state index contributed by atoms with van der Waals surface area (Å²) < 4.78 is 3.00. The van der Waals surface area contributed by atoms with Crippen LogP contribution in [0, 0.1) is 6.92 Å². The Bertz CT molecular complexity index is 703. The molecule has 0 amide bonds. The highest BCUT2D eigenvalue weighted by atomic mass is 32.2. The van der Waals surface area contributed by atoms with Crippen molar-refractivity contribution in [3.8, 4) is 0 Å². The molecule has 3 rings (SSSR count). The Balaban J connectivity index is 2.04. The van der Waals surface area contributed by atoms with E-state index in [-0.39, 0.29) is 0 Å². The maximum Gasteiger partial charge on any atom is 0.180 e. The molecule has 98 valence electrons. The van der Waals surface area contributed by atoms with Gasteiger partial charge in [0.1, 0.15) is 15.7 Å². The molecule has 3 aromatic rings. The van der Waals surface area contributed by atoms with Gasteiger partial charge in [-0.3, -0.25) is 0 Å². The Hall–Kier alpha value is -1.44. The van der Waals surface area contributed by atoms with Crippen LogP contribution in [0.2, 0.25) is 0 Å². The monoisotopic (exact) mass is 291 g/mol. The van der Waals surface area contributed by atoms with E-state index >= 15 is 0 Å². The first-order valence-electron chi connectivity index (χ1n) is 5.92. The van der Waals surface area contributed by atoms with E-state index in [1.807, 2.05) is 31.3 Å². The molecule has 19 heavy (non-hydrogen) atoms. The number of imidazole rings is 1. The van der Waals surface area contributed by atoms with Gasteiger partial charge in [-0.1, -0.05) is 17.4 Å². The molecular formula is C12H13N5S2. The number of fused-ring (bicyclic) bond motifs is 1. The van der Waals surface area contributed by atoms with Gasteiger partial charge in [0, 0.05) is 12.6 Å². The number of hydrogen-bond acceptors (Lipinski definition) is 6. The number of aryl methyl sites for hydroxylation is 1. The minimum atomic E-state index is 0.603. The summed E-state index contributed by atoms with van der Waals surface area (Å²) >= 11 is 3.14. The smallest absolute Gasteiger partial charge is 0.180 e. The molecule has 3 heterocycles. The van der Waals surface area contributed by atoms with E-state index in [0.29, 0.717) is 6.54 Å². The maximum absolute atomic E-state index is 5.70. The third kappa shape index (κ3) is 2.49. The van der Waals surface area contributed by atoms with Crippen LogP contribution in [0.25, 0.3) is 5.65 Å². The van der Waals surface area contributed by atoms with Gasteiger partial charge in [0.2, 0.25) is 0 Å². The molecule has 2 N–H and O–H groups in total. The second kappa shape index (κ2) is 5.28. The van der Waals surface area contributed by atoms with Crippen molar-refractivity contribution in [1.29, 1.82) is 0 Å². The molecule has 0 atom stereocenters. The van der Waals surface area contributed by atoms with E-state index in [1.54, 1.807) is 23.1 Å². The normalized spacial score (nSPS) is 11.3. The predicted molar refractivity (Wildman–Crippen MR) is 76.7 cm³/mol. The first-order chi connectivity index (χ1) is 9.28. The Morgan fingerprint density at radius 2 is 2.26 bits per heavy atom. The molecule has 0 unspecified atom stereocenters. The highest BCUT2D eigenvalue weighted by Crippen LogP contribution is 2.32. The molecule has 3 aromatic heterocycles. The largest absolute Gasteiger partial charge is 0.330 e. The number of aromatic nitrogens is 4. The van der Waals surface area contributed by atoms with Crippen LogP contribution >= 0.6 is 23.1 Å². The van der Waals surface area contributed by atoms with Gasteiger partial charge in [-0.2, -0.15) is 0 Å². The van der Waals surface area contributed by atoms with Crippen molar-refractivity contribution in [2.24, 2.45) is 5.73 Å². The van der Waals surface area contributed by atoms with Crippen molar-refractivity contribution in [1.82, 2.24) is 19.6 Å². The van der Waals surface area contributed by atoms with E-state index in [9.17, 15) is 0 Å². The fourth-order valence-electron chi connectivity index (χ4n) is 1.87. The lowest BCUT2D eigenvalue weighted by Gasteiger charge is -2.01. The van der Waals surface area contributed by atoms with Gasteiger partial charge >= 0.3 is 0 Å². The van der Waals surface area contributed by atoms with E-state index in [2.05, 4.69) is 19.6 Å². The van der Waals surface area contributed by atoms with Crippen LogP contribution in [0.15, 0.2) is 33.8 Å². The van der Waals surface area contributed by atoms with Crippen molar-refractivity contribution in [3.05, 3.63) is 35.1 Å². The summed E-state index contributed by atoms with van der Waals surface area (Å²) in [6.07, 6.45) is 2.81. The van der Waals surface area contributed by atoms with Crippen LogP contribution < -0.4 is 5.73 Å². The zero-order valence-corrected chi connectivity index (χ0v) is 12.0. The average molecular weight is 291 g/mol. The first-order valence-corrected chi connectivity index (χ1v) is 7.55. The lowest BCUT2D eigenvalue weighted by molar-refractivity contribution is 0.875. The molecular weight excluding hydrogens is 278 g/mol. The van der Waals surface area contributed by atoms with E-state index in [0.717, 1.165) is 32.1 Å². The third-order valence-electron chi connectivity index (χ3n) is 2.66. The van der Waals surface area contributed by atoms with Gasteiger partial charge in [0.15, 0.2) is 4.34 Å². The molecule has 5 nitrogen and oxygen atoms in total. The highest BCUT2D eigenvalue weighted by molar-refractivity contribution is 8.01. The zero-order valence-electron chi connectivity index (χ0n) is 10.4. The average Bonchev–Trinajstić information content (AvgIpc) is 2.96. The lowest BCUT2D eigenvalue weighted by Crippen LogP contribution is -2.05. The molecule has 0 fully saturated rings. The van der Waals surface area contributed by atoms with E-state index in [1.165, 1.54) is 0 Å². The number of nitrogens with two attached hydrogens (primary N) is 1. The van der Waals surface area contributed by atoms with Crippen LogP contribution in [0.1, 0.15) is 10.7 Å². The van der Waals surface area contributed by atoms with Gasteiger partial charge < -0.3 is 10.1 Å². The molecule has 0 radical (unpaired) electrons. The summed E-state index contributed by atoms with van der Waals surface area (Å²) in [7, 11) is 0. The summed E-state index contributed by atoms with van der Waals surface area (Å²) in [5.74, 6) is 0. The summed E-state index contributed by atoms with van der Waals surface area (Å²) in [5.41, 5.74) is 7.78. The zero-order chi connectivity index (χ0) is 13.2. The van der Waals surface area contributed by atoms with Crippen molar-refractivity contribution < 1.29 is 0 Å². The number of hydrogen-bond donors (Lipinski definition) is 1. The SMILES string of the molecule is Cc1nnc(Sc2nc3ccccn3c2CCN)s1. The number of rotatable bonds is 4. The summed E-state index contributed by atoms with van der Waals surface area (Å²) in [5, 5.41) is 10.1. The molecule has 0 aliphatic rings. The molecule has 0 saturated heterocycles. The van der Waals surface area contributed by atoms with Crippen LogP contribution in [-0.2, 0) is 6.42 Å². The van der Waals surface area contributed by atoms with Crippen molar-refractivity contribution >= 4 is 28.7 Å². The topological polar surface area (TPSA) is 69.1 Å². The number of pyridine rings is 1. The van der Waals surface area contributed by atoms with Crippen LogP contribution in [0.4, 0.5) is 0 Å². The highest BCUT2D eigenvalue weighted by Gasteiger charge is 2.14. The summed E-state index contributed by atoms with van der Waals surface area (Å²) in [4.78, 5) is 4.65. The van der Waals surface area contributed by atoms with Gasteiger partial charge in [-0.05, 0) is 37.4 Å². The Morgan fingerprint density at radius 1 is 1.37 bits per heavy atom. The van der Waals surface area contributed by atoms with Gasteiger partial charge in [0.25, 0.3) is 0 Å². The Kier molecular flexibility index (Phi) is 3.50. The second-order valence-corrected chi connectivity index (χ2v) is 6.44. The van der Waals surface area contributed by atoms with Gasteiger partial charge in [0.05, 0.1) is 5.69 Å². The fraction of sp³-hybridized carbons (Fsp3) is 0.250. The number of nitrogens with zero attached hydrogens (tertiary/aromatic N) is 4. The molecule has 0 saturated carbocycles. The fourth-order valence-corrected chi connectivity index (χ4v) is 3.76. The van der Waals surface area contributed by atoms with E-state index in [4.69, 9.17) is 5.73 Å². The molecule has 0 spiro atoms. The van der Waals surface area contributed by atoms with Crippen LogP contribution in [-0.4, -0.2) is 26.1 Å². The van der Waals surface area contributed by atoms with Crippen molar-refractivity contribution in [2.75, 3.05) is 6.54 Å². The van der Waals surface area contributed by atoms with Crippen LogP contribution in [0.3, 0.4) is 0 Å². The maximum atomic E-state index is 5.70. The van der Waals surface area contributed by atoms with Crippen molar-refractivity contribution in [3.63, 3.8) is 0 Å². The second-order valence-electron chi connectivity index (χ2n) is 4.02. The predicted octanol–water partition coefficient (Wildman–Crippen LogP) is 2.15. The summed E-state index contributed by atoms with van der Waals surface area (Å²) in [6.45, 7) is 2.55. The third-order valence-corrected chi connectivity index (χ3v) is 4.57. The van der Waals surface area contributed by atoms with Gasteiger partial charge in [-0.25, -0.2) is 4.98 Å². The Labute approximate surface area is 118 Å². The molecule has 0 aliphatic carbocycles. The molecule has 0 aromatic carbocycles. The first kappa shape index (κ1) is 12.6. The summed E-state index contributed by atoms with van der Waals surface area (Å²) in [6, 6.07) is 5.98.